The van der Waals surface area contributed by atoms with Gasteiger partial charge in [-0.05, 0) is 51.4 Å². The van der Waals surface area contributed by atoms with E-state index in [2.05, 4.69) is 0 Å². The SMILES string of the molecule is CC(CC(=O)OC1CCCCCCCCCCC1)C(=O)OC1CCCCCCCCCCC1. The molecule has 0 spiro atoms. The molecule has 0 bridgehead atoms. The summed E-state index contributed by atoms with van der Waals surface area (Å²) in [7, 11) is 0. The van der Waals surface area contributed by atoms with Crippen LogP contribution >= 0.6 is 0 Å². The Bertz CT molecular complexity index is 494. The zero-order valence-corrected chi connectivity index (χ0v) is 21.6. The first-order valence-corrected chi connectivity index (χ1v) is 14.5. The van der Waals surface area contributed by atoms with Gasteiger partial charge in [0.1, 0.15) is 12.2 Å². The Hall–Kier alpha value is -1.06. The van der Waals surface area contributed by atoms with E-state index < -0.39 is 5.92 Å². The van der Waals surface area contributed by atoms with Gasteiger partial charge in [-0.3, -0.25) is 9.59 Å². The van der Waals surface area contributed by atoms with Crippen molar-refractivity contribution >= 4 is 11.9 Å². The summed E-state index contributed by atoms with van der Waals surface area (Å²) >= 11 is 0. The lowest BCUT2D eigenvalue weighted by molar-refractivity contribution is -0.161. The Morgan fingerprint density at radius 2 is 0.848 bits per heavy atom. The van der Waals surface area contributed by atoms with E-state index in [-0.39, 0.29) is 30.6 Å². The average molecular weight is 465 g/mol. The van der Waals surface area contributed by atoms with Crippen LogP contribution in [0.3, 0.4) is 0 Å². The second kappa shape index (κ2) is 18.3. The molecule has 0 saturated heterocycles. The van der Waals surface area contributed by atoms with E-state index in [4.69, 9.17) is 9.47 Å². The number of rotatable bonds is 5. The van der Waals surface area contributed by atoms with E-state index in [1.54, 1.807) is 0 Å². The smallest absolute Gasteiger partial charge is 0.309 e. The third-order valence-corrected chi connectivity index (χ3v) is 7.56. The average Bonchev–Trinajstić information content (AvgIpc) is 2.77. The van der Waals surface area contributed by atoms with Crippen LogP contribution in [0.2, 0.25) is 0 Å². The molecule has 1 atom stereocenters. The van der Waals surface area contributed by atoms with Gasteiger partial charge in [-0.1, -0.05) is 96.8 Å². The first-order chi connectivity index (χ1) is 16.1. The molecule has 0 aliphatic heterocycles. The maximum atomic E-state index is 12.7. The highest BCUT2D eigenvalue weighted by molar-refractivity contribution is 5.79. The molecule has 0 radical (unpaired) electrons. The first kappa shape index (κ1) is 28.2. The largest absolute Gasteiger partial charge is 0.462 e. The zero-order chi connectivity index (χ0) is 23.6. The summed E-state index contributed by atoms with van der Waals surface area (Å²) in [6.45, 7) is 1.82. The van der Waals surface area contributed by atoms with Crippen molar-refractivity contribution in [1.82, 2.24) is 0 Å². The standard InChI is InChI=1S/C29H52O4/c1-25(29(31)33-27-22-18-14-10-6-3-7-11-15-19-23-27)24-28(30)32-26-20-16-12-8-4-2-5-9-13-17-21-26/h25-27H,2-24H2,1H3. The minimum Gasteiger partial charge on any atom is -0.462 e. The monoisotopic (exact) mass is 464 g/mol. The van der Waals surface area contributed by atoms with Crippen molar-refractivity contribution in [3.8, 4) is 0 Å². The summed E-state index contributed by atoms with van der Waals surface area (Å²) in [4.78, 5) is 25.4. The third kappa shape index (κ3) is 14.1. The van der Waals surface area contributed by atoms with Crippen molar-refractivity contribution in [2.75, 3.05) is 0 Å². The van der Waals surface area contributed by atoms with Gasteiger partial charge in [0.05, 0.1) is 12.3 Å². The Balaban J connectivity index is 1.74. The van der Waals surface area contributed by atoms with Crippen LogP contribution in [-0.2, 0) is 19.1 Å². The third-order valence-electron chi connectivity index (χ3n) is 7.56. The van der Waals surface area contributed by atoms with Crippen LogP contribution in [0.15, 0.2) is 0 Å². The van der Waals surface area contributed by atoms with Crippen molar-refractivity contribution in [3.05, 3.63) is 0 Å². The number of esters is 2. The van der Waals surface area contributed by atoms with Crippen LogP contribution < -0.4 is 0 Å². The Morgan fingerprint density at radius 3 is 1.21 bits per heavy atom. The molecule has 0 aromatic heterocycles. The van der Waals surface area contributed by atoms with Crippen molar-refractivity contribution in [1.29, 1.82) is 0 Å². The summed E-state index contributed by atoms with van der Waals surface area (Å²) in [5.41, 5.74) is 0. The van der Waals surface area contributed by atoms with E-state index in [9.17, 15) is 9.59 Å². The maximum absolute atomic E-state index is 12.7. The van der Waals surface area contributed by atoms with Gasteiger partial charge in [-0.25, -0.2) is 0 Å². The molecular weight excluding hydrogens is 412 g/mol. The fourth-order valence-electron chi connectivity index (χ4n) is 5.34. The van der Waals surface area contributed by atoms with Crippen LogP contribution in [-0.4, -0.2) is 24.1 Å². The van der Waals surface area contributed by atoms with E-state index >= 15 is 0 Å². The fraction of sp³-hybridized carbons (Fsp3) is 0.931. The van der Waals surface area contributed by atoms with E-state index in [1.165, 1.54) is 89.9 Å². The van der Waals surface area contributed by atoms with Gasteiger partial charge >= 0.3 is 11.9 Å². The van der Waals surface area contributed by atoms with Gasteiger partial charge in [0.2, 0.25) is 0 Å². The molecule has 0 N–H and O–H groups in total. The van der Waals surface area contributed by atoms with Crippen molar-refractivity contribution < 1.29 is 19.1 Å². The first-order valence-electron chi connectivity index (χ1n) is 14.5. The lowest BCUT2D eigenvalue weighted by Crippen LogP contribution is -2.27. The molecule has 0 heterocycles. The van der Waals surface area contributed by atoms with Crippen molar-refractivity contribution in [2.45, 2.75) is 167 Å². The minimum absolute atomic E-state index is 0.0155. The molecule has 2 rings (SSSR count). The van der Waals surface area contributed by atoms with Gasteiger partial charge in [-0.15, -0.1) is 0 Å². The number of carbonyl (C=O) groups excluding carboxylic acids is 2. The van der Waals surface area contributed by atoms with Crippen LogP contribution in [0.25, 0.3) is 0 Å². The quantitative estimate of drug-likeness (QED) is 0.383. The Kier molecular flexibility index (Phi) is 15.6. The van der Waals surface area contributed by atoms with Crippen LogP contribution in [0.5, 0.6) is 0 Å². The summed E-state index contributed by atoms with van der Waals surface area (Å²) in [5.74, 6) is -0.872. The van der Waals surface area contributed by atoms with E-state index in [0.29, 0.717) is 0 Å². The molecule has 192 valence electrons. The fourth-order valence-corrected chi connectivity index (χ4v) is 5.34. The van der Waals surface area contributed by atoms with E-state index in [1.807, 2.05) is 6.92 Å². The molecule has 2 fully saturated rings. The summed E-state index contributed by atoms with van der Waals surface area (Å²) in [6, 6.07) is 0. The molecular formula is C29H52O4. The molecule has 2 saturated carbocycles. The van der Waals surface area contributed by atoms with Gasteiger partial charge in [0, 0.05) is 0 Å². The van der Waals surface area contributed by atoms with Crippen molar-refractivity contribution in [3.63, 3.8) is 0 Å². The van der Waals surface area contributed by atoms with Crippen molar-refractivity contribution in [2.24, 2.45) is 5.92 Å². The molecule has 0 amide bonds. The number of hydrogen-bond donors (Lipinski definition) is 0. The Morgan fingerprint density at radius 1 is 0.545 bits per heavy atom. The lowest BCUT2D eigenvalue weighted by Gasteiger charge is -2.22. The minimum atomic E-state index is -0.426. The van der Waals surface area contributed by atoms with E-state index in [0.717, 1.165) is 51.4 Å². The van der Waals surface area contributed by atoms with Crippen LogP contribution in [0, 0.1) is 5.92 Å². The number of carbonyl (C=O) groups is 2. The molecule has 4 nitrogen and oxygen atoms in total. The van der Waals surface area contributed by atoms with Crippen LogP contribution in [0.4, 0.5) is 0 Å². The molecule has 0 aromatic carbocycles. The highest BCUT2D eigenvalue weighted by Crippen LogP contribution is 2.22. The highest BCUT2D eigenvalue weighted by atomic mass is 16.6. The summed E-state index contributed by atoms with van der Waals surface area (Å²) in [6.07, 6.45) is 26.8. The zero-order valence-electron chi connectivity index (χ0n) is 21.6. The number of ether oxygens (including phenoxy) is 2. The van der Waals surface area contributed by atoms with Gasteiger partial charge in [0.15, 0.2) is 0 Å². The highest BCUT2D eigenvalue weighted by Gasteiger charge is 2.24. The molecule has 4 heteroatoms. The topological polar surface area (TPSA) is 52.6 Å². The Labute approximate surface area is 203 Å². The van der Waals surface area contributed by atoms with Crippen LogP contribution in [0.1, 0.15) is 155 Å². The predicted octanol–water partition coefficient (Wildman–Crippen LogP) is 8.45. The molecule has 2 aliphatic carbocycles. The lowest BCUT2D eigenvalue weighted by atomic mass is 9.99. The predicted molar refractivity (Wildman–Crippen MR) is 135 cm³/mol. The van der Waals surface area contributed by atoms with Gasteiger partial charge in [0.25, 0.3) is 0 Å². The number of hydrogen-bond acceptors (Lipinski definition) is 4. The van der Waals surface area contributed by atoms with Gasteiger partial charge < -0.3 is 9.47 Å². The molecule has 2 aliphatic rings. The van der Waals surface area contributed by atoms with Gasteiger partial charge in [-0.2, -0.15) is 0 Å². The normalized spacial score (nSPS) is 23.1. The summed E-state index contributed by atoms with van der Waals surface area (Å²) in [5, 5.41) is 0. The maximum Gasteiger partial charge on any atom is 0.309 e. The second-order valence-electron chi connectivity index (χ2n) is 10.8. The summed E-state index contributed by atoms with van der Waals surface area (Å²) < 4.78 is 11.7. The molecule has 1 unspecified atom stereocenters. The molecule has 0 aromatic rings. The molecule has 33 heavy (non-hydrogen) atoms. The second-order valence-corrected chi connectivity index (χ2v) is 10.8.